The summed E-state index contributed by atoms with van der Waals surface area (Å²) in [5.74, 6) is 1.58. The van der Waals surface area contributed by atoms with Gasteiger partial charge in [0.15, 0.2) is 5.82 Å². The Balaban J connectivity index is 1.74. The second kappa shape index (κ2) is 9.28. The highest BCUT2D eigenvalue weighted by Crippen LogP contribution is 2.21. The Kier molecular flexibility index (Phi) is 6.54. The number of nitrogens with one attached hydrogen (secondary N) is 1. The summed E-state index contributed by atoms with van der Waals surface area (Å²) in [6.45, 7) is 4.98. The molecule has 2 aromatic carbocycles. The van der Waals surface area contributed by atoms with E-state index in [4.69, 9.17) is 17.0 Å². The van der Waals surface area contributed by atoms with Crippen LogP contribution >= 0.6 is 12.2 Å². The van der Waals surface area contributed by atoms with Crippen molar-refractivity contribution in [1.29, 1.82) is 0 Å². The van der Waals surface area contributed by atoms with Crippen molar-refractivity contribution >= 4 is 18.4 Å². The molecular formula is C21H24N4OS. The molecule has 27 heavy (non-hydrogen) atoms. The summed E-state index contributed by atoms with van der Waals surface area (Å²) in [6, 6.07) is 15.9. The maximum atomic E-state index is 5.74. The number of benzene rings is 2. The maximum absolute atomic E-state index is 5.74. The number of nitrogens with zero attached hydrogens (tertiary/aromatic N) is 3. The lowest BCUT2D eigenvalue weighted by Gasteiger charge is -2.06. The molecule has 1 aromatic heterocycles. The summed E-state index contributed by atoms with van der Waals surface area (Å²) in [5, 5.41) is 11.7. The first kappa shape index (κ1) is 19.0. The van der Waals surface area contributed by atoms with Crippen LogP contribution in [0.5, 0.6) is 5.75 Å². The molecule has 1 heterocycles. The monoisotopic (exact) mass is 380 g/mol. The highest BCUT2D eigenvalue weighted by Gasteiger charge is 2.10. The molecule has 0 unspecified atom stereocenters. The van der Waals surface area contributed by atoms with Gasteiger partial charge >= 0.3 is 0 Å². The Morgan fingerprint density at radius 3 is 2.67 bits per heavy atom. The molecule has 140 valence electrons. The van der Waals surface area contributed by atoms with Crippen LogP contribution in [-0.2, 0) is 0 Å². The first-order chi connectivity index (χ1) is 13.2. The van der Waals surface area contributed by atoms with E-state index in [2.05, 4.69) is 22.2 Å². The number of unbranched alkanes of at least 4 members (excludes halogenated alkanes) is 2. The van der Waals surface area contributed by atoms with Crippen LogP contribution in [-0.4, -0.2) is 27.7 Å². The Labute approximate surface area is 164 Å². The Morgan fingerprint density at radius 2 is 1.93 bits per heavy atom. The van der Waals surface area contributed by atoms with Crippen molar-refractivity contribution in [2.75, 3.05) is 6.61 Å². The van der Waals surface area contributed by atoms with Gasteiger partial charge in [-0.05, 0) is 61.0 Å². The zero-order chi connectivity index (χ0) is 19.1. The lowest BCUT2D eigenvalue weighted by atomic mass is 10.1. The predicted octanol–water partition coefficient (Wildman–Crippen LogP) is 5.37. The number of hydrogen-bond acceptors (Lipinski definition) is 4. The molecule has 0 amide bonds. The fraction of sp³-hybridized carbons (Fsp3) is 0.286. The summed E-state index contributed by atoms with van der Waals surface area (Å²) in [6.07, 6.45) is 5.24. The van der Waals surface area contributed by atoms with Gasteiger partial charge in [-0.2, -0.15) is 14.9 Å². The molecule has 0 aliphatic rings. The molecule has 0 saturated heterocycles. The quantitative estimate of drug-likeness (QED) is 0.325. The summed E-state index contributed by atoms with van der Waals surface area (Å²) in [7, 11) is 0. The summed E-state index contributed by atoms with van der Waals surface area (Å²) >= 11 is 5.33. The maximum Gasteiger partial charge on any atom is 0.216 e. The van der Waals surface area contributed by atoms with E-state index in [0.717, 1.165) is 35.5 Å². The average Bonchev–Trinajstić information content (AvgIpc) is 3.05. The van der Waals surface area contributed by atoms with E-state index in [1.54, 1.807) is 10.9 Å². The van der Waals surface area contributed by atoms with Crippen molar-refractivity contribution in [2.24, 2.45) is 5.10 Å². The number of aromatic amines is 1. The molecule has 0 atom stereocenters. The van der Waals surface area contributed by atoms with Crippen molar-refractivity contribution in [3.05, 3.63) is 64.4 Å². The third-order valence-corrected chi connectivity index (χ3v) is 4.52. The van der Waals surface area contributed by atoms with Crippen molar-refractivity contribution in [3.63, 3.8) is 0 Å². The van der Waals surface area contributed by atoms with Gasteiger partial charge in [0, 0.05) is 5.56 Å². The third kappa shape index (κ3) is 4.92. The fourth-order valence-electron chi connectivity index (χ4n) is 2.71. The van der Waals surface area contributed by atoms with Gasteiger partial charge in [0.2, 0.25) is 4.77 Å². The van der Waals surface area contributed by atoms with Crippen LogP contribution in [0, 0.1) is 11.7 Å². The molecule has 0 aliphatic carbocycles. The fourth-order valence-corrected chi connectivity index (χ4v) is 2.89. The normalized spacial score (nSPS) is 11.2. The second-order valence-corrected chi connectivity index (χ2v) is 6.73. The molecule has 0 fully saturated rings. The highest BCUT2D eigenvalue weighted by atomic mass is 32.1. The van der Waals surface area contributed by atoms with Gasteiger partial charge in [-0.25, -0.2) is 5.10 Å². The summed E-state index contributed by atoms with van der Waals surface area (Å²) < 4.78 is 7.85. The molecule has 0 radical (unpaired) electrons. The zero-order valence-corrected chi connectivity index (χ0v) is 16.5. The molecule has 0 bridgehead atoms. The number of aromatic nitrogens is 3. The van der Waals surface area contributed by atoms with E-state index in [1.807, 2.05) is 55.5 Å². The van der Waals surface area contributed by atoms with Crippen LogP contribution in [0.15, 0.2) is 53.6 Å². The smallest absolute Gasteiger partial charge is 0.216 e. The lowest BCUT2D eigenvalue weighted by Crippen LogP contribution is -1.98. The Hall–Kier alpha value is -2.73. The van der Waals surface area contributed by atoms with Crippen molar-refractivity contribution in [3.8, 4) is 17.1 Å². The molecular weight excluding hydrogens is 356 g/mol. The SMILES string of the molecule is CCCCCOc1ccc(/C=N/n2c(-c3ccccc3C)n[nH]c2=S)cc1. The Bertz CT molecular complexity index is 957. The molecule has 0 saturated carbocycles. The number of H-pyrrole nitrogens is 1. The van der Waals surface area contributed by atoms with Gasteiger partial charge in [-0.15, -0.1) is 0 Å². The molecule has 0 spiro atoms. The van der Waals surface area contributed by atoms with Crippen LogP contribution in [0.4, 0.5) is 0 Å². The van der Waals surface area contributed by atoms with E-state index in [9.17, 15) is 0 Å². The molecule has 1 N–H and O–H groups in total. The van der Waals surface area contributed by atoms with Crippen LogP contribution in [0.1, 0.15) is 37.3 Å². The van der Waals surface area contributed by atoms with Crippen LogP contribution in [0.25, 0.3) is 11.4 Å². The molecule has 3 aromatic rings. The summed E-state index contributed by atoms with van der Waals surface area (Å²) in [5.41, 5.74) is 3.08. The number of ether oxygens (including phenoxy) is 1. The van der Waals surface area contributed by atoms with E-state index in [1.165, 1.54) is 12.8 Å². The highest BCUT2D eigenvalue weighted by molar-refractivity contribution is 7.71. The molecule has 3 rings (SSSR count). The minimum atomic E-state index is 0.459. The van der Waals surface area contributed by atoms with Gasteiger partial charge in [0.1, 0.15) is 5.75 Å². The molecule has 0 aliphatic heterocycles. The van der Waals surface area contributed by atoms with Gasteiger partial charge in [-0.3, -0.25) is 0 Å². The number of rotatable bonds is 8. The van der Waals surface area contributed by atoms with Crippen LogP contribution in [0.3, 0.4) is 0 Å². The zero-order valence-electron chi connectivity index (χ0n) is 15.7. The van der Waals surface area contributed by atoms with E-state index in [0.29, 0.717) is 10.6 Å². The second-order valence-electron chi connectivity index (χ2n) is 6.35. The summed E-state index contributed by atoms with van der Waals surface area (Å²) in [4.78, 5) is 0. The van der Waals surface area contributed by atoms with Crippen molar-refractivity contribution in [1.82, 2.24) is 14.9 Å². The van der Waals surface area contributed by atoms with Crippen LogP contribution < -0.4 is 4.74 Å². The third-order valence-electron chi connectivity index (χ3n) is 4.26. The van der Waals surface area contributed by atoms with E-state index < -0.39 is 0 Å². The first-order valence-electron chi connectivity index (χ1n) is 9.19. The minimum Gasteiger partial charge on any atom is -0.494 e. The number of aryl methyl sites for hydroxylation is 1. The lowest BCUT2D eigenvalue weighted by molar-refractivity contribution is 0.306. The van der Waals surface area contributed by atoms with Gasteiger partial charge < -0.3 is 4.74 Å². The van der Waals surface area contributed by atoms with Crippen LogP contribution in [0.2, 0.25) is 0 Å². The minimum absolute atomic E-state index is 0.459. The average molecular weight is 381 g/mol. The first-order valence-corrected chi connectivity index (χ1v) is 9.60. The Morgan fingerprint density at radius 1 is 1.15 bits per heavy atom. The van der Waals surface area contributed by atoms with Gasteiger partial charge in [0.25, 0.3) is 0 Å². The largest absolute Gasteiger partial charge is 0.494 e. The topological polar surface area (TPSA) is 55.2 Å². The van der Waals surface area contributed by atoms with Gasteiger partial charge in [0.05, 0.1) is 12.8 Å². The molecule has 6 heteroatoms. The van der Waals surface area contributed by atoms with E-state index >= 15 is 0 Å². The predicted molar refractivity (Wildman–Crippen MR) is 112 cm³/mol. The van der Waals surface area contributed by atoms with E-state index in [-0.39, 0.29) is 0 Å². The van der Waals surface area contributed by atoms with Crippen molar-refractivity contribution in [2.45, 2.75) is 33.1 Å². The van der Waals surface area contributed by atoms with Crippen molar-refractivity contribution < 1.29 is 4.74 Å². The standard InChI is InChI=1S/C21H24N4OS/c1-3-4-7-14-26-18-12-10-17(11-13-18)15-22-25-20(23-24-21(25)27)19-9-6-5-8-16(19)2/h5-6,8-13,15H,3-4,7,14H2,1-2H3,(H,24,27)/b22-15+. The van der Waals surface area contributed by atoms with Gasteiger partial charge in [-0.1, -0.05) is 44.0 Å². The molecule has 5 nitrogen and oxygen atoms in total. The number of hydrogen-bond donors (Lipinski definition) is 1.